The van der Waals surface area contributed by atoms with E-state index in [0.717, 1.165) is 5.56 Å². The van der Waals surface area contributed by atoms with Gasteiger partial charge in [0.05, 0.1) is 6.04 Å². The zero-order valence-electron chi connectivity index (χ0n) is 13.5. The molecule has 0 saturated heterocycles. The molecule has 0 saturated carbocycles. The van der Waals surface area contributed by atoms with Crippen molar-refractivity contribution in [3.8, 4) is 5.75 Å². The van der Waals surface area contributed by atoms with E-state index in [1.165, 1.54) is 19.1 Å². The predicted molar refractivity (Wildman–Crippen MR) is 89.2 cm³/mol. The average molecular weight is 330 g/mol. The zero-order valence-corrected chi connectivity index (χ0v) is 13.5. The summed E-state index contributed by atoms with van der Waals surface area (Å²) in [6, 6.07) is 12.4. The molecule has 24 heavy (non-hydrogen) atoms. The number of amides is 2. The molecule has 0 aliphatic heterocycles. The van der Waals surface area contributed by atoms with Gasteiger partial charge in [-0.1, -0.05) is 12.1 Å². The number of ether oxygens (including phenoxy) is 1. The maximum atomic E-state index is 12.9. The maximum absolute atomic E-state index is 12.9. The first-order valence-electron chi connectivity index (χ1n) is 7.49. The number of hydrogen-bond donors (Lipinski definition) is 2. The standard InChI is InChI=1S/C18H19FN2O3/c1-12(14-3-5-15(19)6-4-14)20-18(23)11-24-17-9-7-16(8-10-17)21-13(2)22/h3-10,12H,11H2,1-2H3,(H,20,23)(H,21,22)/t12-/m1/s1. The van der Waals surface area contributed by atoms with Crippen molar-refractivity contribution in [3.63, 3.8) is 0 Å². The van der Waals surface area contributed by atoms with E-state index in [2.05, 4.69) is 10.6 Å². The molecule has 2 N–H and O–H groups in total. The molecule has 5 nitrogen and oxygen atoms in total. The SMILES string of the molecule is CC(=O)Nc1ccc(OCC(=O)N[C@H](C)c2ccc(F)cc2)cc1. The van der Waals surface area contributed by atoms with Gasteiger partial charge in [0.15, 0.2) is 6.61 Å². The number of hydrogen-bond acceptors (Lipinski definition) is 3. The molecule has 1 atom stereocenters. The van der Waals surface area contributed by atoms with Crippen LogP contribution in [0.3, 0.4) is 0 Å². The summed E-state index contributed by atoms with van der Waals surface area (Å²) in [5.41, 5.74) is 1.47. The van der Waals surface area contributed by atoms with Crippen molar-refractivity contribution in [1.82, 2.24) is 5.32 Å². The van der Waals surface area contributed by atoms with Gasteiger partial charge in [-0.2, -0.15) is 0 Å². The summed E-state index contributed by atoms with van der Waals surface area (Å²) < 4.78 is 18.3. The molecule has 126 valence electrons. The highest BCUT2D eigenvalue weighted by Crippen LogP contribution is 2.16. The number of rotatable bonds is 6. The first-order chi connectivity index (χ1) is 11.4. The summed E-state index contributed by atoms with van der Waals surface area (Å²) in [6.07, 6.45) is 0. The van der Waals surface area contributed by atoms with Crippen LogP contribution in [0.2, 0.25) is 0 Å². The molecule has 2 rings (SSSR count). The molecular formula is C18H19FN2O3. The number of carbonyl (C=O) groups is 2. The van der Waals surface area contributed by atoms with E-state index in [1.54, 1.807) is 36.4 Å². The third kappa shape index (κ3) is 5.39. The van der Waals surface area contributed by atoms with E-state index in [-0.39, 0.29) is 30.3 Å². The molecule has 0 spiro atoms. The number of nitrogens with one attached hydrogen (secondary N) is 2. The Morgan fingerprint density at radius 3 is 2.29 bits per heavy atom. The molecule has 0 bridgehead atoms. The molecule has 0 fully saturated rings. The van der Waals surface area contributed by atoms with Crippen molar-refractivity contribution in [3.05, 3.63) is 59.9 Å². The van der Waals surface area contributed by atoms with Crippen LogP contribution < -0.4 is 15.4 Å². The van der Waals surface area contributed by atoms with Crippen LogP contribution in [0.1, 0.15) is 25.5 Å². The maximum Gasteiger partial charge on any atom is 0.258 e. The third-order valence-electron chi connectivity index (χ3n) is 3.29. The van der Waals surface area contributed by atoms with Crippen LogP contribution in [0.4, 0.5) is 10.1 Å². The lowest BCUT2D eigenvalue weighted by molar-refractivity contribution is -0.123. The predicted octanol–water partition coefficient (Wildman–Crippen LogP) is 3.04. The topological polar surface area (TPSA) is 67.4 Å². The van der Waals surface area contributed by atoms with Crippen molar-refractivity contribution in [1.29, 1.82) is 0 Å². The summed E-state index contributed by atoms with van der Waals surface area (Å²) >= 11 is 0. The van der Waals surface area contributed by atoms with E-state index in [4.69, 9.17) is 4.74 Å². The van der Waals surface area contributed by atoms with Crippen LogP contribution in [0.5, 0.6) is 5.75 Å². The summed E-state index contributed by atoms with van der Waals surface area (Å²) in [6.45, 7) is 3.11. The lowest BCUT2D eigenvalue weighted by atomic mass is 10.1. The van der Waals surface area contributed by atoms with Crippen molar-refractivity contribution in [2.45, 2.75) is 19.9 Å². The number of carbonyl (C=O) groups excluding carboxylic acids is 2. The van der Waals surface area contributed by atoms with Gasteiger partial charge in [0.2, 0.25) is 5.91 Å². The fraction of sp³-hybridized carbons (Fsp3) is 0.222. The van der Waals surface area contributed by atoms with Gasteiger partial charge in [-0.05, 0) is 48.9 Å². The van der Waals surface area contributed by atoms with E-state index < -0.39 is 0 Å². The van der Waals surface area contributed by atoms with Crippen LogP contribution in [0.25, 0.3) is 0 Å². The van der Waals surface area contributed by atoms with Crippen molar-refractivity contribution in [2.24, 2.45) is 0 Å². The van der Waals surface area contributed by atoms with Gasteiger partial charge < -0.3 is 15.4 Å². The Labute approximate surface area is 139 Å². The highest BCUT2D eigenvalue weighted by molar-refractivity contribution is 5.88. The second kappa shape index (κ2) is 8.10. The van der Waals surface area contributed by atoms with Crippen LogP contribution >= 0.6 is 0 Å². The van der Waals surface area contributed by atoms with Crippen molar-refractivity contribution in [2.75, 3.05) is 11.9 Å². The summed E-state index contributed by atoms with van der Waals surface area (Å²) in [5, 5.41) is 5.42. The molecule has 2 aromatic rings. The van der Waals surface area contributed by atoms with Gasteiger partial charge in [-0.15, -0.1) is 0 Å². The molecule has 2 amide bonds. The Hall–Kier alpha value is -2.89. The van der Waals surface area contributed by atoms with Gasteiger partial charge in [0.25, 0.3) is 5.91 Å². The van der Waals surface area contributed by atoms with E-state index in [9.17, 15) is 14.0 Å². The highest BCUT2D eigenvalue weighted by atomic mass is 19.1. The fourth-order valence-corrected chi connectivity index (χ4v) is 2.10. The van der Waals surface area contributed by atoms with Gasteiger partial charge in [-0.3, -0.25) is 9.59 Å². The normalized spacial score (nSPS) is 11.5. The Balaban J connectivity index is 1.82. The second-order valence-electron chi connectivity index (χ2n) is 5.33. The fourth-order valence-electron chi connectivity index (χ4n) is 2.10. The number of anilines is 1. The molecule has 6 heteroatoms. The third-order valence-corrected chi connectivity index (χ3v) is 3.29. The molecule has 0 aromatic heterocycles. The lowest BCUT2D eigenvalue weighted by Crippen LogP contribution is -2.31. The minimum Gasteiger partial charge on any atom is -0.484 e. The largest absolute Gasteiger partial charge is 0.484 e. The van der Waals surface area contributed by atoms with Crippen LogP contribution in [-0.2, 0) is 9.59 Å². The molecular weight excluding hydrogens is 311 g/mol. The van der Waals surface area contributed by atoms with Crippen molar-refractivity contribution >= 4 is 17.5 Å². The zero-order chi connectivity index (χ0) is 17.5. The number of halogens is 1. The smallest absolute Gasteiger partial charge is 0.258 e. The van der Waals surface area contributed by atoms with E-state index >= 15 is 0 Å². The highest BCUT2D eigenvalue weighted by Gasteiger charge is 2.10. The van der Waals surface area contributed by atoms with Crippen molar-refractivity contribution < 1.29 is 18.7 Å². The molecule has 0 unspecified atom stereocenters. The van der Waals surface area contributed by atoms with Crippen LogP contribution in [-0.4, -0.2) is 18.4 Å². The first kappa shape index (κ1) is 17.5. The van der Waals surface area contributed by atoms with Crippen LogP contribution in [0.15, 0.2) is 48.5 Å². The second-order valence-corrected chi connectivity index (χ2v) is 5.33. The summed E-state index contributed by atoms with van der Waals surface area (Å²) in [7, 11) is 0. The minimum absolute atomic E-state index is 0.134. The van der Waals surface area contributed by atoms with Gasteiger partial charge >= 0.3 is 0 Å². The Bertz CT molecular complexity index is 699. The molecule has 0 radical (unpaired) electrons. The Kier molecular flexibility index (Phi) is 5.89. The first-order valence-corrected chi connectivity index (χ1v) is 7.49. The van der Waals surface area contributed by atoms with E-state index in [1.807, 2.05) is 6.92 Å². The monoisotopic (exact) mass is 330 g/mol. The van der Waals surface area contributed by atoms with Gasteiger partial charge in [0.1, 0.15) is 11.6 Å². The van der Waals surface area contributed by atoms with E-state index in [0.29, 0.717) is 11.4 Å². The molecule has 0 aliphatic carbocycles. The minimum atomic E-state index is -0.316. The van der Waals surface area contributed by atoms with Gasteiger partial charge in [-0.25, -0.2) is 4.39 Å². The van der Waals surface area contributed by atoms with Gasteiger partial charge in [0, 0.05) is 12.6 Å². The summed E-state index contributed by atoms with van der Waals surface area (Å²) in [4.78, 5) is 22.8. The van der Waals surface area contributed by atoms with Crippen LogP contribution in [0, 0.1) is 5.82 Å². The molecule has 0 aliphatic rings. The Morgan fingerprint density at radius 2 is 1.71 bits per heavy atom. The quantitative estimate of drug-likeness (QED) is 0.855. The summed E-state index contributed by atoms with van der Waals surface area (Å²) in [5.74, 6) is -0.229. The number of benzene rings is 2. The Morgan fingerprint density at radius 1 is 1.08 bits per heavy atom. The lowest BCUT2D eigenvalue weighted by Gasteiger charge is -2.15. The molecule has 0 heterocycles. The molecule has 2 aromatic carbocycles. The average Bonchev–Trinajstić information content (AvgIpc) is 2.54.